The number of aromatic nitrogens is 2. The Balaban J connectivity index is 1.44. The molecular weight excluding hydrogens is 446 g/mol. The number of benzene rings is 1. The van der Waals surface area contributed by atoms with Crippen LogP contribution in [-0.4, -0.2) is 33.9 Å². The maximum Gasteiger partial charge on any atom is 0.337 e. The number of ether oxygens (including phenoxy) is 1. The molecule has 174 valence electrons. The van der Waals surface area contributed by atoms with Crippen molar-refractivity contribution in [3.8, 4) is 0 Å². The van der Waals surface area contributed by atoms with Crippen LogP contribution in [0.1, 0.15) is 55.3 Å². The number of nitrogens with zero attached hydrogens (tertiary/aromatic N) is 2. The summed E-state index contributed by atoms with van der Waals surface area (Å²) in [6.07, 6.45) is 6.98. The molecule has 2 atom stereocenters. The fourth-order valence-corrected chi connectivity index (χ4v) is 7.17. The van der Waals surface area contributed by atoms with Gasteiger partial charge in [-0.2, -0.15) is 5.10 Å². The second-order valence-electron chi connectivity index (χ2n) is 10.0. The predicted octanol–water partition coefficient (Wildman–Crippen LogP) is 4.20. The lowest BCUT2D eigenvalue weighted by Gasteiger charge is -2.61. The van der Waals surface area contributed by atoms with E-state index in [0.29, 0.717) is 35.2 Å². The average molecular weight is 472 g/mol. The number of methoxy groups -OCH3 is 1. The number of anilines is 2. The van der Waals surface area contributed by atoms with Crippen LogP contribution >= 0.6 is 11.6 Å². The van der Waals surface area contributed by atoms with E-state index in [9.17, 15) is 19.5 Å². The predicted molar refractivity (Wildman–Crippen MR) is 122 cm³/mol. The monoisotopic (exact) mass is 471 g/mol. The van der Waals surface area contributed by atoms with E-state index in [1.54, 1.807) is 30.5 Å². The van der Waals surface area contributed by atoms with Gasteiger partial charge in [-0.05, 0) is 80.0 Å². The Labute approximate surface area is 195 Å². The number of carbonyl (C=O) groups excluding carboxylic acids is 1. The van der Waals surface area contributed by atoms with Gasteiger partial charge in [0.05, 0.1) is 36.5 Å². The molecule has 4 fully saturated rings. The van der Waals surface area contributed by atoms with Gasteiger partial charge in [-0.1, -0.05) is 11.6 Å². The number of carbonyl (C=O) groups is 2. The molecule has 1 aromatic carbocycles. The fraction of sp³-hybridized carbons (Fsp3) is 0.500. The number of aliphatic carboxylic acids is 1. The van der Waals surface area contributed by atoms with Crippen LogP contribution in [-0.2, 0) is 15.1 Å². The van der Waals surface area contributed by atoms with Crippen molar-refractivity contribution < 1.29 is 19.4 Å². The maximum atomic E-state index is 13.4. The van der Waals surface area contributed by atoms with Crippen molar-refractivity contribution in [2.75, 3.05) is 12.4 Å². The summed E-state index contributed by atoms with van der Waals surface area (Å²) in [5, 5.41) is 17.2. The minimum absolute atomic E-state index is 0.0464. The SMILES string of the molecule is COC(=O)c1ccc(Nc2cnn(C34C[C@@H]5C[C@H](CC(CC(=O)O)(C5)C3)C4)c(=O)c2Cl)cc1. The quantitative estimate of drug-likeness (QED) is 0.607. The molecule has 1 aromatic heterocycles. The Kier molecular flexibility index (Phi) is 5.23. The third-order valence-corrected chi connectivity index (χ3v) is 8.00. The molecule has 0 radical (unpaired) electrons. The number of halogens is 1. The number of hydrogen-bond donors (Lipinski definition) is 2. The number of carboxylic acid groups (broad SMARTS) is 1. The van der Waals surface area contributed by atoms with Gasteiger partial charge in [-0.25, -0.2) is 9.48 Å². The lowest BCUT2D eigenvalue weighted by molar-refractivity contribution is -0.151. The first-order chi connectivity index (χ1) is 15.7. The van der Waals surface area contributed by atoms with Crippen LogP contribution in [0.3, 0.4) is 0 Å². The van der Waals surface area contributed by atoms with Gasteiger partial charge in [0, 0.05) is 5.69 Å². The Morgan fingerprint density at radius 1 is 1.21 bits per heavy atom. The van der Waals surface area contributed by atoms with Gasteiger partial charge in [-0.15, -0.1) is 0 Å². The fourth-order valence-electron chi connectivity index (χ4n) is 7.00. The van der Waals surface area contributed by atoms with E-state index in [2.05, 4.69) is 10.4 Å². The molecule has 6 rings (SSSR count). The molecule has 2 N–H and O–H groups in total. The average Bonchev–Trinajstić information content (AvgIpc) is 2.75. The lowest BCUT2D eigenvalue weighted by Crippen LogP contribution is -2.59. The third kappa shape index (κ3) is 3.80. The summed E-state index contributed by atoms with van der Waals surface area (Å²) in [5.74, 6) is -0.364. The Morgan fingerprint density at radius 2 is 1.88 bits per heavy atom. The largest absolute Gasteiger partial charge is 0.481 e. The third-order valence-electron chi connectivity index (χ3n) is 7.63. The van der Waals surface area contributed by atoms with E-state index in [4.69, 9.17) is 16.3 Å². The van der Waals surface area contributed by atoms with Crippen molar-refractivity contribution in [1.29, 1.82) is 0 Å². The standard InChI is InChI=1S/C24H26ClN3O5/c1-33-22(32)16-2-4-17(5-3-16)27-18-12-26-28(21(31)20(18)25)24-9-14-6-15(10-24)8-23(7-14,13-24)11-19(29)30/h2-5,12,14-15,27H,6-11,13H2,1H3,(H,29,30)/t14-,15-,23?,24?/m1/s1. The van der Waals surface area contributed by atoms with Crippen LogP contribution in [0.15, 0.2) is 35.3 Å². The summed E-state index contributed by atoms with van der Waals surface area (Å²) in [7, 11) is 1.32. The van der Waals surface area contributed by atoms with Crippen LogP contribution in [0.4, 0.5) is 11.4 Å². The second-order valence-corrected chi connectivity index (χ2v) is 10.4. The molecule has 33 heavy (non-hydrogen) atoms. The van der Waals surface area contributed by atoms with E-state index in [1.807, 2.05) is 0 Å². The summed E-state index contributed by atoms with van der Waals surface area (Å²) in [6, 6.07) is 6.63. The highest BCUT2D eigenvalue weighted by Crippen LogP contribution is 2.65. The first-order valence-electron chi connectivity index (χ1n) is 11.2. The smallest absolute Gasteiger partial charge is 0.337 e. The molecular formula is C24H26ClN3O5. The summed E-state index contributed by atoms with van der Waals surface area (Å²) >= 11 is 6.51. The molecule has 1 heterocycles. The maximum absolute atomic E-state index is 13.4. The van der Waals surface area contributed by atoms with Gasteiger partial charge < -0.3 is 15.2 Å². The van der Waals surface area contributed by atoms with E-state index in [-0.39, 0.29) is 22.4 Å². The molecule has 4 aliphatic carbocycles. The molecule has 9 heteroatoms. The Morgan fingerprint density at radius 3 is 2.48 bits per heavy atom. The molecule has 0 saturated heterocycles. The van der Waals surface area contributed by atoms with Crippen LogP contribution in [0.2, 0.25) is 5.02 Å². The molecule has 0 amide bonds. The van der Waals surface area contributed by atoms with Crippen LogP contribution in [0.5, 0.6) is 0 Å². The van der Waals surface area contributed by atoms with Gasteiger partial charge in [0.1, 0.15) is 5.02 Å². The normalized spacial score (nSPS) is 29.6. The van der Waals surface area contributed by atoms with Gasteiger partial charge in [0.2, 0.25) is 0 Å². The van der Waals surface area contributed by atoms with E-state index < -0.39 is 17.5 Å². The van der Waals surface area contributed by atoms with Crippen molar-refractivity contribution >= 4 is 34.9 Å². The highest BCUT2D eigenvalue weighted by molar-refractivity contribution is 6.33. The number of rotatable bonds is 6. The number of esters is 1. The molecule has 4 bridgehead atoms. The van der Waals surface area contributed by atoms with Crippen molar-refractivity contribution in [3.05, 3.63) is 51.4 Å². The highest BCUT2D eigenvalue weighted by Gasteiger charge is 2.59. The van der Waals surface area contributed by atoms with Crippen LogP contribution in [0, 0.1) is 17.3 Å². The van der Waals surface area contributed by atoms with Gasteiger partial charge in [0.15, 0.2) is 0 Å². The van der Waals surface area contributed by atoms with Crippen molar-refractivity contribution in [1.82, 2.24) is 9.78 Å². The lowest BCUT2D eigenvalue weighted by atomic mass is 9.46. The highest BCUT2D eigenvalue weighted by atomic mass is 35.5. The van der Waals surface area contributed by atoms with Gasteiger partial charge in [-0.3, -0.25) is 9.59 Å². The van der Waals surface area contributed by atoms with Gasteiger partial charge in [0.25, 0.3) is 5.56 Å². The minimum atomic E-state index is -0.775. The first kappa shape index (κ1) is 21.9. The molecule has 0 aliphatic heterocycles. The Bertz CT molecular complexity index is 1160. The topological polar surface area (TPSA) is 111 Å². The molecule has 4 aliphatic rings. The molecule has 8 nitrogen and oxygen atoms in total. The summed E-state index contributed by atoms with van der Waals surface area (Å²) < 4.78 is 6.24. The van der Waals surface area contributed by atoms with E-state index in [1.165, 1.54) is 11.8 Å². The number of nitrogens with one attached hydrogen (secondary N) is 1. The van der Waals surface area contributed by atoms with Crippen molar-refractivity contribution in [2.45, 2.75) is 50.5 Å². The van der Waals surface area contributed by atoms with Crippen molar-refractivity contribution in [3.63, 3.8) is 0 Å². The second kappa shape index (κ2) is 7.87. The molecule has 2 aromatic rings. The summed E-state index contributed by atoms with van der Waals surface area (Å²) in [4.78, 5) is 36.6. The first-order valence-corrected chi connectivity index (χ1v) is 11.6. The number of carboxylic acids is 1. The number of hydrogen-bond acceptors (Lipinski definition) is 6. The zero-order valence-electron chi connectivity index (χ0n) is 18.3. The zero-order valence-corrected chi connectivity index (χ0v) is 19.1. The van der Waals surface area contributed by atoms with Crippen molar-refractivity contribution in [2.24, 2.45) is 17.3 Å². The van der Waals surface area contributed by atoms with Crippen LogP contribution < -0.4 is 10.9 Å². The molecule has 4 saturated carbocycles. The molecule has 0 spiro atoms. The van der Waals surface area contributed by atoms with E-state index in [0.717, 1.165) is 32.1 Å². The zero-order chi connectivity index (χ0) is 23.4. The van der Waals surface area contributed by atoms with E-state index >= 15 is 0 Å². The Hall–Kier alpha value is -2.87. The summed E-state index contributed by atoms with van der Waals surface area (Å²) in [5.41, 5.74) is 0.357. The molecule has 0 unspecified atom stereocenters. The minimum Gasteiger partial charge on any atom is -0.481 e. The van der Waals surface area contributed by atoms with Gasteiger partial charge >= 0.3 is 11.9 Å². The van der Waals surface area contributed by atoms with Crippen LogP contribution in [0.25, 0.3) is 0 Å². The summed E-state index contributed by atoms with van der Waals surface area (Å²) in [6.45, 7) is 0.